The van der Waals surface area contributed by atoms with Crippen LogP contribution < -0.4 is 10.1 Å². The number of amides is 1. The first kappa shape index (κ1) is 18.3. The predicted molar refractivity (Wildman–Crippen MR) is 86.5 cm³/mol. The SMILES string of the molecule is Cc1ccccc1/C=N/OCC(=O)Nc1ccc(OC(F)(F)F)cc1. The van der Waals surface area contributed by atoms with Crippen LogP contribution in [0.1, 0.15) is 11.1 Å². The molecule has 0 saturated carbocycles. The first-order valence-electron chi connectivity index (χ1n) is 7.20. The van der Waals surface area contributed by atoms with E-state index in [2.05, 4.69) is 15.2 Å². The van der Waals surface area contributed by atoms with Gasteiger partial charge in [0.25, 0.3) is 5.91 Å². The maximum atomic E-state index is 12.1. The van der Waals surface area contributed by atoms with Crippen LogP contribution in [-0.2, 0) is 9.63 Å². The summed E-state index contributed by atoms with van der Waals surface area (Å²) in [5, 5.41) is 6.18. The third-order valence-electron chi connectivity index (χ3n) is 3.02. The normalized spacial score (nSPS) is 11.4. The predicted octanol–water partition coefficient (Wildman–Crippen LogP) is 3.88. The maximum Gasteiger partial charge on any atom is 0.573 e. The van der Waals surface area contributed by atoms with E-state index in [1.165, 1.54) is 18.3 Å². The highest BCUT2D eigenvalue weighted by Gasteiger charge is 2.30. The minimum Gasteiger partial charge on any atom is -0.406 e. The number of ether oxygens (including phenoxy) is 1. The fourth-order valence-electron chi connectivity index (χ4n) is 1.86. The Morgan fingerprint density at radius 1 is 1.16 bits per heavy atom. The van der Waals surface area contributed by atoms with Crippen molar-refractivity contribution < 1.29 is 27.5 Å². The first-order chi connectivity index (χ1) is 11.8. The Morgan fingerprint density at radius 3 is 2.48 bits per heavy atom. The molecule has 0 aromatic heterocycles. The van der Waals surface area contributed by atoms with E-state index in [1.54, 1.807) is 0 Å². The molecule has 2 rings (SSSR count). The highest BCUT2D eigenvalue weighted by molar-refractivity contribution is 5.91. The number of halogens is 3. The van der Waals surface area contributed by atoms with Crippen molar-refractivity contribution in [3.63, 3.8) is 0 Å². The van der Waals surface area contributed by atoms with E-state index in [4.69, 9.17) is 4.84 Å². The van der Waals surface area contributed by atoms with Gasteiger partial charge in [0.15, 0.2) is 6.61 Å². The standard InChI is InChI=1S/C17H15F3N2O3/c1-12-4-2-3-5-13(12)10-21-24-11-16(23)22-14-6-8-15(9-7-14)25-17(18,19)20/h2-10H,11H2,1H3,(H,22,23)/b21-10+. The third kappa shape index (κ3) is 6.54. The van der Waals surface area contributed by atoms with Crippen LogP contribution in [0.5, 0.6) is 5.75 Å². The summed E-state index contributed by atoms with van der Waals surface area (Å²) < 4.78 is 39.9. The van der Waals surface area contributed by atoms with Crippen molar-refractivity contribution in [1.82, 2.24) is 0 Å². The van der Waals surface area contributed by atoms with Gasteiger partial charge < -0.3 is 14.9 Å². The van der Waals surface area contributed by atoms with Gasteiger partial charge in [0.1, 0.15) is 5.75 Å². The minimum absolute atomic E-state index is 0.311. The molecular weight excluding hydrogens is 337 g/mol. The Balaban J connectivity index is 1.79. The quantitative estimate of drug-likeness (QED) is 0.634. The van der Waals surface area contributed by atoms with Crippen LogP contribution in [-0.4, -0.2) is 25.1 Å². The monoisotopic (exact) mass is 352 g/mol. The number of carbonyl (C=O) groups excluding carboxylic acids is 1. The van der Waals surface area contributed by atoms with Gasteiger partial charge in [-0.15, -0.1) is 13.2 Å². The van der Waals surface area contributed by atoms with E-state index in [9.17, 15) is 18.0 Å². The summed E-state index contributed by atoms with van der Waals surface area (Å²) >= 11 is 0. The van der Waals surface area contributed by atoms with Crippen LogP contribution in [0.2, 0.25) is 0 Å². The molecule has 0 unspecified atom stereocenters. The molecule has 0 spiro atoms. The summed E-state index contributed by atoms with van der Waals surface area (Å²) in [7, 11) is 0. The number of aryl methyl sites for hydroxylation is 1. The summed E-state index contributed by atoms with van der Waals surface area (Å²) in [6.45, 7) is 1.59. The van der Waals surface area contributed by atoms with E-state index in [0.717, 1.165) is 23.3 Å². The average molecular weight is 352 g/mol. The average Bonchev–Trinajstić information content (AvgIpc) is 2.54. The van der Waals surface area contributed by atoms with E-state index >= 15 is 0 Å². The number of hydrogen-bond acceptors (Lipinski definition) is 4. The second kappa shape index (κ2) is 8.18. The van der Waals surface area contributed by atoms with Gasteiger partial charge >= 0.3 is 6.36 Å². The molecule has 0 aliphatic heterocycles. The molecule has 25 heavy (non-hydrogen) atoms. The molecule has 0 radical (unpaired) electrons. The fourth-order valence-corrected chi connectivity index (χ4v) is 1.86. The summed E-state index contributed by atoms with van der Waals surface area (Å²) in [4.78, 5) is 16.6. The number of oxime groups is 1. The van der Waals surface area contributed by atoms with E-state index in [-0.39, 0.29) is 12.4 Å². The Bertz CT molecular complexity index is 744. The van der Waals surface area contributed by atoms with Crippen LogP contribution in [0.4, 0.5) is 18.9 Å². The lowest BCUT2D eigenvalue weighted by Crippen LogP contribution is -2.18. The summed E-state index contributed by atoms with van der Waals surface area (Å²) in [6.07, 6.45) is -3.26. The topological polar surface area (TPSA) is 59.9 Å². The fraction of sp³-hybridized carbons (Fsp3) is 0.176. The smallest absolute Gasteiger partial charge is 0.406 e. The number of rotatable bonds is 6. The second-order valence-corrected chi connectivity index (χ2v) is 4.98. The molecule has 1 N–H and O–H groups in total. The zero-order valence-electron chi connectivity index (χ0n) is 13.2. The number of alkyl halides is 3. The maximum absolute atomic E-state index is 12.1. The molecule has 0 aliphatic rings. The number of carbonyl (C=O) groups is 1. The van der Waals surface area contributed by atoms with Crippen molar-refractivity contribution in [2.24, 2.45) is 5.16 Å². The Labute approximate surface area is 142 Å². The Hall–Kier alpha value is -3.03. The van der Waals surface area contributed by atoms with Gasteiger partial charge in [-0.25, -0.2) is 0 Å². The lowest BCUT2D eigenvalue weighted by Gasteiger charge is -2.09. The van der Waals surface area contributed by atoms with Crippen LogP contribution in [0.15, 0.2) is 53.7 Å². The molecule has 0 bridgehead atoms. The molecule has 0 heterocycles. The summed E-state index contributed by atoms with van der Waals surface area (Å²) in [5.41, 5.74) is 2.19. The summed E-state index contributed by atoms with van der Waals surface area (Å²) in [6, 6.07) is 12.3. The van der Waals surface area contributed by atoms with Crippen LogP contribution in [0.3, 0.4) is 0 Å². The lowest BCUT2D eigenvalue weighted by molar-refractivity contribution is -0.274. The van der Waals surface area contributed by atoms with Gasteiger partial charge in [0.05, 0.1) is 6.21 Å². The van der Waals surface area contributed by atoms with Crippen molar-refractivity contribution in [3.05, 3.63) is 59.7 Å². The Kier molecular flexibility index (Phi) is 5.99. The largest absolute Gasteiger partial charge is 0.573 e. The van der Waals surface area contributed by atoms with Crippen molar-refractivity contribution in [2.45, 2.75) is 13.3 Å². The zero-order chi connectivity index (χ0) is 18.3. The molecule has 5 nitrogen and oxygen atoms in total. The van der Waals surface area contributed by atoms with Crippen LogP contribution in [0, 0.1) is 6.92 Å². The van der Waals surface area contributed by atoms with Gasteiger partial charge in [-0.05, 0) is 42.3 Å². The van der Waals surface area contributed by atoms with Crippen molar-refractivity contribution in [2.75, 3.05) is 11.9 Å². The highest BCUT2D eigenvalue weighted by atomic mass is 19.4. The van der Waals surface area contributed by atoms with E-state index < -0.39 is 12.3 Å². The molecule has 2 aromatic rings. The second-order valence-electron chi connectivity index (χ2n) is 4.98. The van der Waals surface area contributed by atoms with Gasteiger partial charge in [-0.1, -0.05) is 29.4 Å². The van der Waals surface area contributed by atoms with Crippen molar-refractivity contribution >= 4 is 17.8 Å². The number of nitrogens with zero attached hydrogens (tertiary/aromatic N) is 1. The molecule has 1 amide bonds. The van der Waals surface area contributed by atoms with Gasteiger partial charge in [0.2, 0.25) is 0 Å². The third-order valence-corrected chi connectivity index (χ3v) is 3.02. The highest BCUT2D eigenvalue weighted by Crippen LogP contribution is 2.23. The molecule has 2 aromatic carbocycles. The van der Waals surface area contributed by atoms with Crippen LogP contribution in [0.25, 0.3) is 0 Å². The molecule has 0 atom stereocenters. The summed E-state index contributed by atoms with van der Waals surface area (Å²) in [5.74, 6) is -0.865. The van der Waals surface area contributed by atoms with Gasteiger partial charge in [-0.3, -0.25) is 4.79 Å². The molecular formula is C17H15F3N2O3. The van der Waals surface area contributed by atoms with Crippen molar-refractivity contribution in [3.8, 4) is 5.75 Å². The zero-order valence-corrected chi connectivity index (χ0v) is 13.2. The number of benzene rings is 2. The molecule has 132 valence electrons. The van der Waals surface area contributed by atoms with E-state index in [0.29, 0.717) is 5.69 Å². The van der Waals surface area contributed by atoms with E-state index in [1.807, 2.05) is 31.2 Å². The first-order valence-corrected chi connectivity index (χ1v) is 7.20. The number of anilines is 1. The lowest BCUT2D eigenvalue weighted by atomic mass is 10.1. The minimum atomic E-state index is -4.76. The van der Waals surface area contributed by atoms with Gasteiger partial charge in [0, 0.05) is 5.69 Å². The molecule has 0 fully saturated rings. The Morgan fingerprint density at radius 2 is 1.84 bits per heavy atom. The van der Waals surface area contributed by atoms with Crippen LogP contribution >= 0.6 is 0 Å². The molecule has 0 aliphatic carbocycles. The van der Waals surface area contributed by atoms with Gasteiger partial charge in [-0.2, -0.15) is 0 Å². The molecule has 0 saturated heterocycles. The molecule has 8 heteroatoms. The van der Waals surface area contributed by atoms with Crippen molar-refractivity contribution in [1.29, 1.82) is 0 Å². The number of hydrogen-bond donors (Lipinski definition) is 1. The number of nitrogens with one attached hydrogen (secondary N) is 1.